The molecule has 1 aromatic rings. The van der Waals surface area contributed by atoms with Crippen LogP contribution in [0.5, 0.6) is 0 Å². The molecule has 0 radical (unpaired) electrons. The van der Waals surface area contributed by atoms with Gasteiger partial charge in [0.1, 0.15) is 9.88 Å². The molecule has 19 heavy (non-hydrogen) atoms. The highest BCUT2D eigenvalue weighted by Crippen LogP contribution is 2.39. The summed E-state index contributed by atoms with van der Waals surface area (Å²) < 4.78 is 0. The van der Waals surface area contributed by atoms with Gasteiger partial charge in [0.05, 0.1) is 11.2 Å². The zero-order chi connectivity index (χ0) is 14.0. The van der Waals surface area contributed by atoms with E-state index >= 15 is 0 Å². The maximum atomic E-state index is 11.3. The lowest BCUT2D eigenvalue weighted by Gasteiger charge is -2.34. The molecule has 0 spiro atoms. The minimum Gasteiger partial charge on any atom is -0.477 e. The molecular formula is C14H22N2O2S. The van der Waals surface area contributed by atoms with Crippen molar-refractivity contribution in [1.82, 2.24) is 4.98 Å². The van der Waals surface area contributed by atoms with Crippen molar-refractivity contribution in [3.63, 3.8) is 0 Å². The Balaban J connectivity index is 2.29. The molecule has 0 aliphatic heterocycles. The molecule has 1 aliphatic carbocycles. The van der Waals surface area contributed by atoms with Crippen molar-refractivity contribution in [3.8, 4) is 0 Å². The fourth-order valence-electron chi connectivity index (χ4n) is 2.63. The van der Waals surface area contributed by atoms with Crippen LogP contribution in [0.4, 0.5) is 0 Å². The summed E-state index contributed by atoms with van der Waals surface area (Å²) in [6.45, 7) is 4.28. The number of nitrogens with zero attached hydrogens (tertiary/aromatic N) is 1. The first kappa shape index (κ1) is 14.5. The van der Waals surface area contributed by atoms with Crippen LogP contribution >= 0.6 is 11.3 Å². The number of thiazole rings is 1. The maximum absolute atomic E-state index is 11.3. The Hall–Kier alpha value is -0.940. The summed E-state index contributed by atoms with van der Waals surface area (Å²) in [5.41, 5.74) is 6.77. The second-order valence-corrected chi connectivity index (χ2v) is 6.69. The van der Waals surface area contributed by atoms with Gasteiger partial charge in [-0.15, -0.1) is 11.3 Å². The number of hydrogen-bond acceptors (Lipinski definition) is 4. The molecule has 0 bridgehead atoms. The molecule has 0 aromatic carbocycles. The third-order valence-electron chi connectivity index (χ3n) is 3.97. The normalized spacial score (nSPS) is 27.4. The molecule has 1 aliphatic rings. The van der Waals surface area contributed by atoms with Gasteiger partial charge in [0.2, 0.25) is 0 Å². The molecule has 3 N–H and O–H groups in total. The Kier molecular flexibility index (Phi) is 4.26. The highest BCUT2D eigenvalue weighted by atomic mass is 32.1. The van der Waals surface area contributed by atoms with Crippen molar-refractivity contribution in [2.24, 2.45) is 11.7 Å². The lowest BCUT2D eigenvalue weighted by atomic mass is 9.78. The number of carboxylic acid groups (broad SMARTS) is 1. The first-order valence-corrected chi connectivity index (χ1v) is 7.80. The van der Waals surface area contributed by atoms with Gasteiger partial charge in [-0.25, -0.2) is 9.78 Å². The Bertz CT molecular complexity index is 462. The molecule has 1 heterocycles. The molecule has 1 aromatic heterocycles. The van der Waals surface area contributed by atoms with Crippen molar-refractivity contribution in [1.29, 1.82) is 0 Å². The minimum absolute atomic E-state index is 0.375. The molecule has 0 amide bonds. The molecular weight excluding hydrogens is 260 g/mol. The van der Waals surface area contributed by atoms with E-state index < -0.39 is 11.5 Å². The van der Waals surface area contributed by atoms with E-state index in [1.54, 1.807) is 0 Å². The Morgan fingerprint density at radius 3 is 2.68 bits per heavy atom. The van der Waals surface area contributed by atoms with Crippen LogP contribution in [0.2, 0.25) is 0 Å². The molecule has 5 heteroatoms. The van der Waals surface area contributed by atoms with Gasteiger partial charge < -0.3 is 10.8 Å². The van der Waals surface area contributed by atoms with Gasteiger partial charge in [-0.1, -0.05) is 20.3 Å². The summed E-state index contributed by atoms with van der Waals surface area (Å²) in [5, 5.41) is 10.1. The number of rotatable bonds is 4. The van der Waals surface area contributed by atoms with Crippen molar-refractivity contribution < 1.29 is 9.90 Å². The molecule has 0 saturated heterocycles. The van der Waals surface area contributed by atoms with Gasteiger partial charge in [-0.05, 0) is 38.0 Å². The van der Waals surface area contributed by atoms with Crippen LogP contribution in [0.25, 0.3) is 0 Å². The first-order valence-electron chi connectivity index (χ1n) is 6.98. The van der Waals surface area contributed by atoms with E-state index in [9.17, 15) is 9.90 Å². The quantitative estimate of drug-likeness (QED) is 0.889. The maximum Gasteiger partial charge on any atom is 0.347 e. The van der Waals surface area contributed by atoms with Crippen LogP contribution in [-0.2, 0) is 12.0 Å². The van der Waals surface area contributed by atoms with Gasteiger partial charge in [0, 0.05) is 0 Å². The fourth-order valence-corrected chi connectivity index (χ4v) is 3.74. The summed E-state index contributed by atoms with van der Waals surface area (Å²) in [5.74, 6) is -0.161. The van der Waals surface area contributed by atoms with Crippen LogP contribution in [0.15, 0.2) is 0 Å². The highest BCUT2D eigenvalue weighted by molar-refractivity contribution is 7.13. The van der Waals surface area contributed by atoms with Crippen LogP contribution in [0, 0.1) is 5.92 Å². The Morgan fingerprint density at radius 2 is 2.16 bits per heavy atom. The Labute approximate surface area is 118 Å². The summed E-state index contributed by atoms with van der Waals surface area (Å²) in [7, 11) is 0. The number of carboxylic acids is 1. The number of hydrogen-bond donors (Lipinski definition) is 2. The summed E-state index contributed by atoms with van der Waals surface area (Å²) in [4.78, 5) is 16.2. The number of carbonyl (C=O) groups is 1. The zero-order valence-corrected chi connectivity index (χ0v) is 12.4. The summed E-state index contributed by atoms with van der Waals surface area (Å²) in [6, 6.07) is 0. The third kappa shape index (κ3) is 2.98. The van der Waals surface area contributed by atoms with E-state index in [-0.39, 0.29) is 0 Å². The fraction of sp³-hybridized carbons (Fsp3) is 0.714. The number of aryl methyl sites for hydroxylation is 1. The number of aromatic nitrogens is 1. The molecule has 4 nitrogen and oxygen atoms in total. The van der Waals surface area contributed by atoms with Crippen LogP contribution < -0.4 is 5.73 Å². The van der Waals surface area contributed by atoms with E-state index in [2.05, 4.69) is 11.9 Å². The first-order chi connectivity index (χ1) is 8.96. The molecule has 1 fully saturated rings. The predicted molar refractivity (Wildman–Crippen MR) is 76.6 cm³/mol. The standard InChI is InChI=1S/C14H22N2O2S/c1-3-4-10-11(12(17)18)19-13(16-10)14(15)7-5-9(2)6-8-14/h9H,3-8,15H2,1-2H3,(H,17,18). The summed E-state index contributed by atoms with van der Waals surface area (Å²) >= 11 is 1.28. The van der Waals surface area contributed by atoms with Crippen molar-refractivity contribution in [3.05, 3.63) is 15.6 Å². The average molecular weight is 282 g/mol. The van der Waals surface area contributed by atoms with Crippen LogP contribution in [-0.4, -0.2) is 16.1 Å². The van der Waals surface area contributed by atoms with E-state index in [1.165, 1.54) is 11.3 Å². The van der Waals surface area contributed by atoms with Crippen LogP contribution in [0.1, 0.15) is 66.3 Å². The van der Waals surface area contributed by atoms with Gasteiger partial charge in [-0.2, -0.15) is 0 Å². The SMILES string of the molecule is CCCc1nc(C2(N)CCC(C)CC2)sc1C(=O)O. The van der Waals surface area contributed by atoms with E-state index in [1.807, 2.05) is 6.92 Å². The zero-order valence-electron chi connectivity index (χ0n) is 11.6. The largest absolute Gasteiger partial charge is 0.477 e. The van der Waals surface area contributed by atoms with E-state index in [4.69, 9.17) is 5.73 Å². The van der Waals surface area contributed by atoms with Gasteiger partial charge in [0.25, 0.3) is 0 Å². The van der Waals surface area contributed by atoms with E-state index in [0.717, 1.165) is 37.1 Å². The summed E-state index contributed by atoms with van der Waals surface area (Å²) in [6.07, 6.45) is 5.63. The monoisotopic (exact) mass is 282 g/mol. The minimum atomic E-state index is -0.875. The molecule has 1 saturated carbocycles. The van der Waals surface area contributed by atoms with Crippen molar-refractivity contribution in [2.75, 3.05) is 0 Å². The molecule has 106 valence electrons. The smallest absolute Gasteiger partial charge is 0.347 e. The lowest BCUT2D eigenvalue weighted by molar-refractivity contribution is 0.0700. The topological polar surface area (TPSA) is 76.2 Å². The second kappa shape index (κ2) is 5.59. The molecule has 0 unspecified atom stereocenters. The number of aromatic carboxylic acids is 1. The average Bonchev–Trinajstić information content (AvgIpc) is 2.79. The van der Waals surface area contributed by atoms with Gasteiger partial charge >= 0.3 is 5.97 Å². The van der Waals surface area contributed by atoms with Crippen molar-refractivity contribution in [2.45, 2.75) is 57.9 Å². The predicted octanol–water partition coefficient (Wildman–Crippen LogP) is 3.16. The lowest BCUT2D eigenvalue weighted by Crippen LogP contribution is -2.40. The molecule has 2 rings (SSSR count). The van der Waals surface area contributed by atoms with E-state index in [0.29, 0.717) is 22.9 Å². The van der Waals surface area contributed by atoms with Gasteiger partial charge in [-0.3, -0.25) is 0 Å². The third-order valence-corrected chi connectivity index (χ3v) is 5.28. The molecule has 0 atom stereocenters. The second-order valence-electron chi connectivity index (χ2n) is 5.69. The van der Waals surface area contributed by atoms with Gasteiger partial charge in [0.15, 0.2) is 0 Å². The highest BCUT2D eigenvalue weighted by Gasteiger charge is 2.36. The Morgan fingerprint density at radius 1 is 1.53 bits per heavy atom. The van der Waals surface area contributed by atoms with Crippen molar-refractivity contribution >= 4 is 17.3 Å². The van der Waals surface area contributed by atoms with Crippen LogP contribution in [0.3, 0.4) is 0 Å². The number of nitrogens with two attached hydrogens (primary N) is 1.